The van der Waals surface area contributed by atoms with Crippen molar-refractivity contribution >= 4 is 8.32 Å². The molecule has 112 valence electrons. The molecule has 1 nitrogen and oxygen atoms in total. The molecule has 0 saturated carbocycles. The first-order valence-electron chi connectivity index (χ1n) is 7.55. The minimum atomic E-state index is -1.53. The van der Waals surface area contributed by atoms with Crippen molar-refractivity contribution in [1.29, 1.82) is 0 Å². The quantitative estimate of drug-likeness (QED) is 0.674. The monoisotopic (exact) mass is 298 g/mol. The molecule has 0 aliphatic carbocycles. The first-order valence-corrected chi connectivity index (χ1v) is 11.0. The van der Waals surface area contributed by atoms with E-state index in [1.165, 1.54) is 16.7 Å². The van der Waals surface area contributed by atoms with Crippen LogP contribution in [-0.4, -0.2) is 8.32 Å². The molecule has 2 heteroatoms. The summed E-state index contributed by atoms with van der Waals surface area (Å²) in [6, 6.07) is 17.4. The van der Waals surface area contributed by atoms with Crippen LogP contribution in [0.1, 0.15) is 30.5 Å². The molecule has 0 amide bonds. The van der Waals surface area contributed by atoms with E-state index in [9.17, 15) is 0 Å². The molecule has 2 aromatic rings. The summed E-state index contributed by atoms with van der Waals surface area (Å²) in [4.78, 5) is 0. The van der Waals surface area contributed by atoms with Crippen LogP contribution in [0.15, 0.2) is 48.5 Å². The third-order valence-electron chi connectivity index (χ3n) is 3.77. The molecular formula is C19H26OSi. The zero-order valence-corrected chi connectivity index (χ0v) is 15.0. The van der Waals surface area contributed by atoms with Gasteiger partial charge in [0, 0.05) is 5.41 Å². The Labute approximate surface area is 130 Å². The highest BCUT2D eigenvalue weighted by molar-refractivity contribution is 6.70. The molecule has 0 aliphatic rings. The van der Waals surface area contributed by atoms with Gasteiger partial charge in [0.25, 0.3) is 0 Å². The van der Waals surface area contributed by atoms with E-state index in [4.69, 9.17) is 4.43 Å². The number of rotatable bonds is 4. The molecule has 0 heterocycles. The highest BCUT2D eigenvalue weighted by Crippen LogP contribution is 2.32. The van der Waals surface area contributed by atoms with E-state index >= 15 is 0 Å². The maximum Gasteiger partial charge on any atom is 0.242 e. The summed E-state index contributed by atoms with van der Waals surface area (Å²) in [5.74, 6) is 0.984. The summed E-state index contributed by atoms with van der Waals surface area (Å²) in [6.45, 7) is 13.3. The summed E-state index contributed by atoms with van der Waals surface area (Å²) in [5.41, 5.74) is 3.96. The lowest BCUT2D eigenvalue weighted by atomic mass is 9.78. The molecule has 0 bridgehead atoms. The summed E-state index contributed by atoms with van der Waals surface area (Å²) >= 11 is 0. The number of hydrogen-bond acceptors (Lipinski definition) is 1. The Bertz CT molecular complexity index is 589. The highest BCUT2D eigenvalue weighted by Gasteiger charge is 2.23. The lowest BCUT2D eigenvalue weighted by Gasteiger charge is -2.27. The van der Waals surface area contributed by atoms with Gasteiger partial charge in [-0.05, 0) is 49.8 Å². The van der Waals surface area contributed by atoms with Crippen LogP contribution >= 0.6 is 0 Å². The maximum atomic E-state index is 6.03. The molecular weight excluding hydrogens is 272 g/mol. The molecule has 0 aliphatic heterocycles. The van der Waals surface area contributed by atoms with Crippen molar-refractivity contribution in [1.82, 2.24) is 0 Å². The van der Waals surface area contributed by atoms with Gasteiger partial charge in [-0.3, -0.25) is 0 Å². The van der Waals surface area contributed by atoms with E-state index in [1.54, 1.807) is 0 Å². The third kappa shape index (κ3) is 3.98. The van der Waals surface area contributed by atoms with Crippen molar-refractivity contribution in [2.75, 3.05) is 0 Å². The zero-order chi connectivity index (χ0) is 15.7. The van der Waals surface area contributed by atoms with Gasteiger partial charge in [0.1, 0.15) is 5.75 Å². The second-order valence-electron chi connectivity index (χ2n) is 7.23. The molecule has 21 heavy (non-hydrogen) atoms. The molecule has 0 spiro atoms. The lowest BCUT2D eigenvalue weighted by molar-refractivity contribution is 0.555. The standard InChI is InChI=1S/C19H26OSi/c1-15-7-9-16(10-8-15)19(2,3)17-11-13-18(14-12-17)20-21(4,5)6/h7-14H,1-6H3. The van der Waals surface area contributed by atoms with Crippen molar-refractivity contribution < 1.29 is 4.43 Å². The minimum absolute atomic E-state index is 0.00535. The smallest absolute Gasteiger partial charge is 0.242 e. The Kier molecular flexibility index (Phi) is 4.29. The van der Waals surface area contributed by atoms with Gasteiger partial charge in [0.15, 0.2) is 0 Å². The van der Waals surface area contributed by atoms with Crippen molar-refractivity contribution in [3.8, 4) is 5.75 Å². The minimum Gasteiger partial charge on any atom is -0.544 e. The molecule has 0 N–H and O–H groups in total. The van der Waals surface area contributed by atoms with Crippen molar-refractivity contribution in [3.05, 3.63) is 65.2 Å². The van der Waals surface area contributed by atoms with E-state index in [1.807, 2.05) is 0 Å². The van der Waals surface area contributed by atoms with E-state index in [0.717, 1.165) is 5.75 Å². The molecule has 2 rings (SSSR count). The number of aryl methyl sites for hydroxylation is 1. The second kappa shape index (κ2) is 5.68. The first-order chi connectivity index (χ1) is 9.68. The predicted octanol–water partition coefficient (Wildman–Crippen LogP) is 5.53. The van der Waals surface area contributed by atoms with Crippen LogP contribution in [-0.2, 0) is 5.41 Å². The number of hydrogen-bond donors (Lipinski definition) is 0. The lowest BCUT2D eigenvalue weighted by Crippen LogP contribution is -2.29. The second-order valence-corrected chi connectivity index (χ2v) is 11.7. The van der Waals surface area contributed by atoms with Gasteiger partial charge < -0.3 is 4.43 Å². The van der Waals surface area contributed by atoms with E-state index < -0.39 is 8.32 Å². The van der Waals surface area contributed by atoms with Gasteiger partial charge in [-0.2, -0.15) is 0 Å². The summed E-state index contributed by atoms with van der Waals surface area (Å²) in [7, 11) is -1.53. The largest absolute Gasteiger partial charge is 0.544 e. The molecule has 0 radical (unpaired) electrons. The van der Waals surface area contributed by atoms with Crippen LogP contribution < -0.4 is 4.43 Å². The van der Waals surface area contributed by atoms with E-state index in [2.05, 4.69) is 88.9 Å². The fourth-order valence-electron chi connectivity index (χ4n) is 2.43. The van der Waals surface area contributed by atoms with Crippen LogP contribution in [0, 0.1) is 6.92 Å². The molecule has 0 fully saturated rings. The maximum absolute atomic E-state index is 6.03. The van der Waals surface area contributed by atoms with Gasteiger partial charge in [-0.15, -0.1) is 0 Å². The Morgan fingerprint density at radius 3 is 1.62 bits per heavy atom. The van der Waals surface area contributed by atoms with Crippen molar-refractivity contribution in [3.63, 3.8) is 0 Å². The Morgan fingerprint density at radius 1 is 0.762 bits per heavy atom. The topological polar surface area (TPSA) is 9.23 Å². The molecule has 2 aromatic carbocycles. The SMILES string of the molecule is Cc1ccc(C(C)(C)c2ccc(O[Si](C)(C)C)cc2)cc1. The van der Waals surface area contributed by atoms with E-state index in [-0.39, 0.29) is 5.41 Å². The number of benzene rings is 2. The normalized spacial score (nSPS) is 12.3. The fourth-order valence-corrected chi connectivity index (χ4v) is 3.27. The van der Waals surface area contributed by atoms with Gasteiger partial charge in [0.2, 0.25) is 8.32 Å². The summed E-state index contributed by atoms with van der Waals surface area (Å²) in [5, 5.41) is 0. The van der Waals surface area contributed by atoms with Crippen molar-refractivity contribution in [2.45, 2.75) is 45.8 Å². The van der Waals surface area contributed by atoms with Crippen molar-refractivity contribution in [2.24, 2.45) is 0 Å². The Balaban J connectivity index is 2.26. The fraction of sp³-hybridized carbons (Fsp3) is 0.368. The van der Waals surface area contributed by atoms with Crippen LogP contribution in [0.4, 0.5) is 0 Å². The highest BCUT2D eigenvalue weighted by atomic mass is 28.4. The average molecular weight is 299 g/mol. The summed E-state index contributed by atoms with van der Waals surface area (Å²) in [6.07, 6.45) is 0. The van der Waals surface area contributed by atoms with Crippen LogP contribution in [0.2, 0.25) is 19.6 Å². The molecule has 0 atom stereocenters. The third-order valence-corrected chi connectivity index (χ3v) is 4.62. The van der Waals surface area contributed by atoms with E-state index in [0.29, 0.717) is 0 Å². The molecule has 0 unspecified atom stereocenters. The molecule has 0 aromatic heterocycles. The van der Waals surface area contributed by atoms with Crippen LogP contribution in [0.3, 0.4) is 0 Å². The van der Waals surface area contributed by atoms with Gasteiger partial charge in [-0.1, -0.05) is 55.8 Å². The zero-order valence-electron chi connectivity index (χ0n) is 14.0. The Morgan fingerprint density at radius 2 is 1.19 bits per heavy atom. The Hall–Kier alpha value is -1.54. The van der Waals surface area contributed by atoms with Crippen LogP contribution in [0.25, 0.3) is 0 Å². The summed E-state index contributed by atoms with van der Waals surface area (Å²) < 4.78 is 6.03. The molecule has 0 saturated heterocycles. The van der Waals surface area contributed by atoms with Crippen LogP contribution in [0.5, 0.6) is 5.75 Å². The predicted molar refractivity (Wildman–Crippen MR) is 93.7 cm³/mol. The average Bonchev–Trinajstić information content (AvgIpc) is 2.38. The van der Waals surface area contributed by atoms with Gasteiger partial charge in [-0.25, -0.2) is 0 Å². The van der Waals surface area contributed by atoms with Gasteiger partial charge >= 0.3 is 0 Å². The first kappa shape index (κ1) is 15.8. The van der Waals surface area contributed by atoms with Gasteiger partial charge in [0.05, 0.1) is 0 Å².